The van der Waals surface area contributed by atoms with E-state index in [1.54, 1.807) is 11.3 Å². The van der Waals surface area contributed by atoms with Crippen LogP contribution in [-0.2, 0) is 6.42 Å². The van der Waals surface area contributed by atoms with E-state index in [0.29, 0.717) is 13.3 Å². The van der Waals surface area contributed by atoms with E-state index in [0.717, 1.165) is 24.5 Å². The lowest BCUT2D eigenvalue weighted by atomic mass is 10.0. The summed E-state index contributed by atoms with van der Waals surface area (Å²) in [5.74, 6) is 1.63. The van der Waals surface area contributed by atoms with Crippen LogP contribution in [0.25, 0.3) is 0 Å². The molecule has 2 N–H and O–H groups in total. The molecule has 3 rings (SSSR count). The zero-order valence-electron chi connectivity index (χ0n) is 12.1. The Morgan fingerprint density at radius 1 is 1.29 bits per heavy atom. The van der Waals surface area contributed by atoms with Gasteiger partial charge in [-0.25, -0.2) is 0 Å². The van der Waals surface area contributed by atoms with Gasteiger partial charge in [0.25, 0.3) is 0 Å². The second kappa shape index (κ2) is 6.47. The maximum Gasteiger partial charge on any atom is 0.231 e. The number of ether oxygens (including phenoxy) is 2. The van der Waals surface area contributed by atoms with E-state index < -0.39 is 0 Å². The fourth-order valence-electron chi connectivity index (χ4n) is 2.59. The molecule has 0 radical (unpaired) electrons. The van der Waals surface area contributed by atoms with Gasteiger partial charge in [-0.15, -0.1) is 11.3 Å². The summed E-state index contributed by atoms with van der Waals surface area (Å²) in [6, 6.07) is 10.6. The van der Waals surface area contributed by atoms with Crippen molar-refractivity contribution in [3.8, 4) is 11.5 Å². The van der Waals surface area contributed by atoms with Crippen LogP contribution in [0.15, 0.2) is 35.7 Å². The lowest BCUT2D eigenvalue weighted by Gasteiger charge is -2.27. The zero-order valence-corrected chi connectivity index (χ0v) is 12.9. The molecule has 0 bridgehead atoms. The monoisotopic (exact) mass is 304 g/mol. The van der Waals surface area contributed by atoms with Gasteiger partial charge in [0.1, 0.15) is 0 Å². The summed E-state index contributed by atoms with van der Waals surface area (Å²) in [5.41, 5.74) is 7.17. The molecular formula is C16H20N2O2S. The van der Waals surface area contributed by atoms with Gasteiger partial charge in [-0.05, 0) is 42.6 Å². The zero-order chi connectivity index (χ0) is 14.7. The Labute approximate surface area is 129 Å². The van der Waals surface area contributed by atoms with Crippen LogP contribution in [0.5, 0.6) is 11.5 Å². The van der Waals surface area contributed by atoms with Crippen molar-refractivity contribution in [2.24, 2.45) is 5.73 Å². The van der Waals surface area contributed by atoms with Crippen LogP contribution in [-0.4, -0.2) is 31.8 Å². The summed E-state index contributed by atoms with van der Waals surface area (Å²) in [6.45, 7) is 1.87. The first-order valence-corrected chi connectivity index (χ1v) is 7.98. The molecule has 5 heteroatoms. The highest BCUT2D eigenvalue weighted by molar-refractivity contribution is 7.09. The summed E-state index contributed by atoms with van der Waals surface area (Å²) in [6.07, 6.45) is 1.05. The lowest BCUT2D eigenvalue weighted by molar-refractivity contribution is 0.174. The molecule has 0 saturated heterocycles. The van der Waals surface area contributed by atoms with Crippen molar-refractivity contribution in [3.05, 3.63) is 46.2 Å². The Hall–Kier alpha value is -1.56. The first-order valence-electron chi connectivity index (χ1n) is 7.10. The van der Waals surface area contributed by atoms with E-state index in [4.69, 9.17) is 15.2 Å². The maximum atomic E-state index is 5.99. The van der Waals surface area contributed by atoms with Gasteiger partial charge >= 0.3 is 0 Å². The highest BCUT2D eigenvalue weighted by Crippen LogP contribution is 2.35. The van der Waals surface area contributed by atoms with Crippen LogP contribution in [0.4, 0.5) is 0 Å². The largest absolute Gasteiger partial charge is 0.454 e. The molecule has 21 heavy (non-hydrogen) atoms. The van der Waals surface area contributed by atoms with Gasteiger partial charge in [-0.2, -0.15) is 0 Å². The second-order valence-electron chi connectivity index (χ2n) is 5.17. The second-order valence-corrected chi connectivity index (χ2v) is 6.21. The van der Waals surface area contributed by atoms with E-state index >= 15 is 0 Å². The number of rotatable bonds is 6. The Morgan fingerprint density at radius 2 is 2.14 bits per heavy atom. The Bertz CT molecular complexity index is 586. The van der Waals surface area contributed by atoms with Gasteiger partial charge in [-0.3, -0.25) is 4.90 Å². The van der Waals surface area contributed by atoms with Crippen LogP contribution in [0.3, 0.4) is 0 Å². The van der Waals surface area contributed by atoms with Crippen LogP contribution in [0.1, 0.15) is 16.5 Å². The molecule has 0 amide bonds. The molecule has 112 valence electrons. The fourth-order valence-corrected chi connectivity index (χ4v) is 3.29. The topological polar surface area (TPSA) is 47.7 Å². The highest BCUT2D eigenvalue weighted by Gasteiger charge is 2.20. The van der Waals surface area contributed by atoms with Gasteiger partial charge in [-0.1, -0.05) is 12.1 Å². The van der Waals surface area contributed by atoms with E-state index in [1.165, 1.54) is 10.4 Å². The molecule has 1 aliphatic heterocycles. The minimum Gasteiger partial charge on any atom is -0.454 e. The predicted molar refractivity (Wildman–Crippen MR) is 85.0 cm³/mol. The molecule has 4 nitrogen and oxygen atoms in total. The van der Waals surface area contributed by atoms with Gasteiger partial charge < -0.3 is 15.2 Å². The van der Waals surface area contributed by atoms with Crippen LogP contribution in [0, 0.1) is 0 Å². The average Bonchev–Trinajstić information content (AvgIpc) is 3.16. The molecule has 1 aromatic heterocycles. The number of likely N-dealkylation sites (N-methyl/N-ethyl adjacent to an activating group) is 1. The summed E-state index contributed by atoms with van der Waals surface area (Å²) < 4.78 is 10.8. The van der Waals surface area contributed by atoms with Crippen molar-refractivity contribution < 1.29 is 9.47 Å². The third-order valence-corrected chi connectivity index (χ3v) is 4.76. The number of thiophene rings is 1. The summed E-state index contributed by atoms with van der Waals surface area (Å²) in [5, 5.41) is 2.12. The molecule has 0 aliphatic carbocycles. The quantitative estimate of drug-likeness (QED) is 0.891. The Morgan fingerprint density at radius 3 is 2.90 bits per heavy atom. The lowest BCUT2D eigenvalue weighted by Crippen LogP contribution is -2.32. The van der Waals surface area contributed by atoms with Crippen LogP contribution >= 0.6 is 11.3 Å². The van der Waals surface area contributed by atoms with E-state index in [1.807, 2.05) is 12.1 Å². The van der Waals surface area contributed by atoms with Crippen molar-refractivity contribution in [1.82, 2.24) is 4.90 Å². The molecule has 0 spiro atoms. The molecule has 1 aliphatic rings. The molecule has 0 saturated carbocycles. The smallest absolute Gasteiger partial charge is 0.231 e. The van der Waals surface area contributed by atoms with Gasteiger partial charge in [0.15, 0.2) is 11.5 Å². The highest BCUT2D eigenvalue weighted by atomic mass is 32.1. The van der Waals surface area contributed by atoms with E-state index in [9.17, 15) is 0 Å². The van der Waals surface area contributed by atoms with Gasteiger partial charge in [0.2, 0.25) is 6.79 Å². The van der Waals surface area contributed by atoms with Crippen LogP contribution in [0.2, 0.25) is 0 Å². The first kappa shape index (κ1) is 14.4. The predicted octanol–water partition coefficient (Wildman–Crippen LogP) is 2.65. The van der Waals surface area contributed by atoms with Crippen molar-refractivity contribution in [2.75, 3.05) is 26.9 Å². The molecule has 2 aromatic rings. The molecule has 1 atom stereocenters. The number of nitrogens with two attached hydrogens (primary N) is 1. The third-order valence-electron chi connectivity index (χ3n) is 3.83. The normalized spacial score (nSPS) is 14.6. The van der Waals surface area contributed by atoms with E-state index in [2.05, 4.69) is 35.5 Å². The van der Waals surface area contributed by atoms with Crippen LogP contribution < -0.4 is 15.2 Å². The first-order chi connectivity index (χ1) is 10.3. The molecule has 1 aromatic carbocycles. The SMILES string of the molecule is CN(CCc1cccs1)C(CN)c1ccc2c(c1)OCO2. The number of hydrogen-bond donors (Lipinski definition) is 1. The summed E-state index contributed by atoms with van der Waals surface area (Å²) in [7, 11) is 2.12. The average molecular weight is 304 g/mol. The maximum absolute atomic E-state index is 5.99. The minimum absolute atomic E-state index is 0.194. The third kappa shape index (κ3) is 3.20. The minimum atomic E-state index is 0.194. The Kier molecular flexibility index (Phi) is 4.43. The molecular weight excluding hydrogens is 284 g/mol. The summed E-state index contributed by atoms with van der Waals surface area (Å²) in [4.78, 5) is 3.71. The number of nitrogens with zero attached hydrogens (tertiary/aromatic N) is 1. The number of hydrogen-bond acceptors (Lipinski definition) is 5. The fraction of sp³-hybridized carbons (Fsp3) is 0.375. The van der Waals surface area contributed by atoms with Crippen molar-refractivity contribution in [1.29, 1.82) is 0 Å². The Balaban J connectivity index is 1.68. The van der Waals surface area contributed by atoms with Crippen molar-refractivity contribution in [3.63, 3.8) is 0 Å². The van der Waals surface area contributed by atoms with Gasteiger partial charge in [0.05, 0.1) is 0 Å². The van der Waals surface area contributed by atoms with Crippen molar-refractivity contribution in [2.45, 2.75) is 12.5 Å². The van der Waals surface area contributed by atoms with Crippen molar-refractivity contribution >= 4 is 11.3 Å². The molecule has 0 fully saturated rings. The standard InChI is InChI=1S/C16H20N2O2S/c1-18(7-6-13-3-2-8-21-13)14(10-17)12-4-5-15-16(9-12)20-11-19-15/h2-5,8-9,14H,6-7,10-11,17H2,1H3. The molecule has 2 heterocycles. The summed E-state index contributed by atoms with van der Waals surface area (Å²) >= 11 is 1.80. The molecule has 1 unspecified atom stereocenters. The van der Waals surface area contributed by atoms with Gasteiger partial charge in [0, 0.05) is 24.0 Å². The number of benzene rings is 1. The van der Waals surface area contributed by atoms with E-state index in [-0.39, 0.29) is 6.04 Å². The number of fused-ring (bicyclic) bond motifs is 1.